The lowest BCUT2D eigenvalue weighted by molar-refractivity contribution is -0.134. The van der Waals surface area contributed by atoms with E-state index in [0.29, 0.717) is 34.9 Å². The normalized spacial score (nSPS) is 11.3. The van der Waals surface area contributed by atoms with Crippen LogP contribution in [0.4, 0.5) is 10.5 Å². The van der Waals surface area contributed by atoms with Crippen LogP contribution in [0, 0.1) is 0 Å². The number of amides is 2. The molecule has 0 aliphatic rings. The Labute approximate surface area is 276 Å². The number of ether oxygens (including phenoxy) is 1. The molecule has 3 aromatic carbocycles. The molecule has 0 unspecified atom stereocenters. The number of aliphatic hydroxyl groups is 2. The molecule has 10 nitrogen and oxygen atoms in total. The summed E-state index contributed by atoms with van der Waals surface area (Å²) in [6.45, 7) is 4.08. The van der Waals surface area contributed by atoms with Crippen molar-refractivity contribution in [1.29, 1.82) is 0 Å². The standard InChI is InChI=1S/C33H44ClN3O5.C2H4O2/c34-29-12-8-13-30(21-29)37-33(41)36-22-26-11-7-10-25(19-26)9-3-6-18-42-17-5-2-1-4-16-35-23-32(40)27-14-15-31(39)28(20-27)24-38;1-2(3)4/h7-8,10-15,19-21,32,35,38-40H,1-6,9,16-18,22-24H2,(H2,36,37,41);1H3,(H,3,4)/t32-;/m0./s1. The van der Waals surface area contributed by atoms with Crippen LogP contribution in [0.5, 0.6) is 5.75 Å². The molecule has 11 heteroatoms. The van der Waals surface area contributed by atoms with Crippen molar-refractivity contribution in [2.45, 2.75) is 71.1 Å². The van der Waals surface area contributed by atoms with Gasteiger partial charge in [-0.25, -0.2) is 4.79 Å². The Morgan fingerprint density at radius 1 is 0.891 bits per heavy atom. The number of aryl methyl sites for hydroxylation is 1. The molecule has 0 saturated heterocycles. The summed E-state index contributed by atoms with van der Waals surface area (Å²) in [6.07, 6.45) is 6.65. The zero-order valence-electron chi connectivity index (χ0n) is 26.5. The third-order valence-corrected chi connectivity index (χ3v) is 7.15. The van der Waals surface area contributed by atoms with Gasteiger partial charge in [0, 0.05) is 49.5 Å². The van der Waals surface area contributed by atoms with E-state index in [0.717, 1.165) is 77.2 Å². The van der Waals surface area contributed by atoms with Crippen molar-refractivity contribution in [2.24, 2.45) is 0 Å². The number of carboxylic acids is 1. The predicted molar refractivity (Wildman–Crippen MR) is 181 cm³/mol. The van der Waals surface area contributed by atoms with E-state index in [9.17, 15) is 20.1 Å². The van der Waals surface area contributed by atoms with Gasteiger partial charge < -0.3 is 41.1 Å². The highest BCUT2D eigenvalue weighted by Crippen LogP contribution is 2.22. The minimum Gasteiger partial charge on any atom is -0.508 e. The maximum atomic E-state index is 12.2. The third-order valence-electron chi connectivity index (χ3n) is 6.92. The van der Waals surface area contributed by atoms with Crippen LogP contribution in [0.1, 0.15) is 73.8 Å². The highest BCUT2D eigenvalue weighted by Gasteiger charge is 2.10. The summed E-state index contributed by atoms with van der Waals surface area (Å²) in [5.41, 5.74) is 4.07. The number of unbranched alkanes of at least 4 members (excludes halogenated alkanes) is 4. The Kier molecular flexibility index (Phi) is 19.1. The Morgan fingerprint density at radius 3 is 2.33 bits per heavy atom. The molecule has 0 radical (unpaired) electrons. The molecule has 252 valence electrons. The van der Waals surface area contributed by atoms with E-state index in [1.54, 1.807) is 36.4 Å². The van der Waals surface area contributed by atoms with Gasteiger partial charge in [0.25, 0.3) is 5.97 Å². The van der Waals surface area contributed by atoms with Crippen LogP contribution in [0.25, 0.3) is 0 Å². The van der Waals surface area contributed by atoms with Gasteiger partial charge in [-0.05, 0) is 85.7 Å². The lowest BCUT2D eigenvalue weighted by Crippen LogP contribution is -2.28. The van der Waals surface area contributed by atoms with Gasteiger partial charge in [0.15, 0.2) is 0 Å². The molecule has 0 heterocycles. The van der Waals surface area contributed by atoms with E-state index in [1.165, 1.54) is 11.6 Å². The van der Waals surface area contributed by atoms with Gasteiger partial charge in [0.1, 0.15) is 5.75 Å². The maximum absolute atomic E-state index is 12.2. The zero-order valence-corrected chi connectivity index (χ0v) is 27.3. The fourth-order valence-corrected chi connectivity index (χ4v) is 4.75. The molecule has 0 aliphatic heterocycles. The van der Waals surface area contributed by atoms with Gasteiger partial charge in [-0.3, -0.25) is 4.79 Å². The Balaban J connectivity index is 0.00000173. The van der Waals surface area contributed by atoms with Crippen LogP contribution in [-0.2, 0) is 29.1 Å². The molecule has 1 atom stereocenters. The second-order valence-corrected chi connectivity index (χ2v) is 11.3. The van der Waals surface area contributed by atoms with Crippen molar-refractivity contribution in [3.63, 3.8) is 0 Å². The number of aliphatic carboxylic acids is 1. The van der Waals surface area contributed by atoms with Crippen molar-refractivity contribution >= 4 is 29.3 Å². The first-order valence-corrected chi connectivity index (χ1v) is 16.0. The number of nitrogens with one attached hydrogen (secondary N) is 3. The number of hydrogen-bond acceptors (Lipinski definition) is 7. The molecule has 0 aliphatic carbocycles. The van der Waals surface area contributed by atoms with Crippen LogP contribution >= 0.6 is 11.6 Å². The number of hydrogen-bond donors (Lipinski definition) is 7. The van der Waals surface area contributed by atoms with Gasteiger partial charge in [0.2, 0.25) is 0 Å². The average Bonchev–Trinajstić information content (AvgIpc) is 3.02. The van der Waals surface area contributed by atoms with Gasteiger partial charge in [-0.1, -0.05) is 60.8 Å². The number of anilines is 1. The topological polar surface area (TPSA) is 160 Å². The van der Waals surface area contributed by atoms with Gasteiger partial charge in [-0.2, -0.15) is 0 Å². The van der Waals surface area contributed by atoms with Crippen LogP contribution < -0.4 is 16.0 Å². The fraction of sp³-hybridized carbons (Fsp3) is 0.429. The minimum absolute atomic E-state index is 0.0383. The monoisotopic (exact) mass is 657 g/mol. The molecule has 3 rings (SSSR count). The van der Waals surface area contributed by atoms with E-state index in [1.807, 2.05) is 12.1 Å². The summed E-state index contributed by atoms with van der Waals surface area (Å²) in [7, 11) is 0. The Hall–Kier alpha value is -3.67. The first-order chi connectivity index (χ1) is 22.2. The maximum Gasteiger partial charge on any atom is 0.319 e. The molecule has 0 saturated carbocycles. The van der Waals surface area contributed by atoms with E-state index >= 15 is 0 Å². The van der Waals surface area contributed by atoms with Crippen molar-refractivity contribution in [3.8, 4) is 5.75 Å². The molecule has 0 aromatic heterocycles. The van der Waals surface area contributed by atoms with Crippen LogP contribution in [0.15, 0.2) is 66.7 Å². The van der Waals surface area contributed by atoms with Crippen LogP contribution in [-0.4, -0.2) is 58.7 Å². The molecule has 46 heavy (non-hydrogen) atoms. The molecule has 0 bridgehead atoms. The molecule has 3 aromatic rings. The highest BCUT2D eigenvalue weighted by molar-refractivity contribution is 6.30. The zero-order chi connectivity index (χ0) is 33.6. The molecule has 7 N–H and O–H groups in total. The molecule has 2 amide bonds. The summed E-state index contributed by atoms with van der Waals surface area (Å²) < 4.78 is 5.80. The molecule has 0 spiro atoms. The van der Waals surface area contributed by atoms with E-state index < -0.39 is 12.1 Å². The average molecular weight is 658 g/mol. The smallest absolute Gasteiger partial charge is 0.319 e. The summed E-state index contributed by atoms with van der Waals surface area (Å²) >= 11 is 5.96. The lowest BCUT2D eigenvalue weighted by Gasteiger charge is -2.14. The number of halogens is 1. The fourth-order valence-electron chi connectivity index (χ4n) is 4.56. The molecular formula is C35H48ClN3O7. The van der Waals surface area contributed by atoms with Gasteiger partial charge in [0.05, 0.1) is 12.7 Å². The van der Waals surface area contributed by atoms with Crippen molar-refractivity contribution in [1.82, 2.24) is 10.6 Å². The van der Waals surface area contributed by atoms with E-state index in [-0.39, 0.29) is 18.4 Å². The highest BCUT2D eigenvalue weighted by atomic mass is 35.5. The Morgan fingerprint density at radius 2 is 1.59 bits per heavy atom. The number of carbonyl (C=O) groups is 2. The van der Waals surface area contributed by atoms with Gasteiger partial charge in [-0.15, -0.1) is 0 Å². The predicted octanol–water partition coefficient (Wildman–Crippen LogP) is 6.17. The largest absolute Gasteiger partial charge is 0.508 e. The van der Waals surface area contributed by atoms with Crippen LogP contribution in [0.2, 0.25) is 5.02 Å². The number of aromatic hydroxyl groups is 1. The summed E-state index contributed by atoms with van der Waals surface area (Å²) in [5, 5.41) is 46.1. The number of aliphatic hydroxyl groups excluding tert-OH is 2. The summed E-state index contributed by atoms with van der Waals surface area (Å²) in [4.78, 5) is 21.2. The second kappa shape index (κ2) is 22.8. The lowest BCUT2D eigenvalue weighted by atomic mass is 10.1. The Bertz CT molecular complexity index is 1320. The summed E-state index contributed by atoms with van der Waals surface area (Å²) in [5.74, 6) is -0.795. The van der Waals surface area contributed by atoms with E-state index in [4.69, 9.17) is 26.2 Å². The third kappa shape index (κ3) is 17.1. The van der Waals surface area contributed by atoms with Crippen molar-refractivity contribution in [2.75, 3.05) is 31.6 Å². The van der Waals surface area contributed by atoms with Crippen molar-refractivity contribution < 1.29 is 34.8 Å². The minimum atomic E-state index is -0.833. The second-order valence-electron chi connectivity index (χ2n) is 10.9. The number of rotatable bonds is 19. The summed E-state index contributed by atoms with van der Waals surface area (Å²) in [6, 6.07) is 19.9. The molecular weight excluding hydrogens is 610 g/mol. The first-order valence-electron chi connectivity index (χ1n) is 15.6. The first kappa shape index (κ1) is 38.5. The van der Waals surface area contributed by atoms with E-state index in [2.05, 4.69) is 28.1 Å². The van der Waals surface area contributed by atoms with Crippen molar-refractivity contribution in [3.05, 3.63) is 94.0 Å². The number of benzene rings is 3. The van der Waals surface area contributed by atoms with Gasteiger partial charge >= 0.3 is 6.03 Å². The number of phenols is 1. The quantitative estimate of drug-likeness (QED) is 0.0753. The number of carbonyl (C=O) groups excluding carboxylic acids is 1. The number of urea groups is 1. The molecule has 0 fully saturated rings. The SMILES string of the molecule is CC(=O)O.O=C(NCc1cccc(CCCCOCCCCCCNC[C@H](O)c2ccc(O)c(CO)c2)c1)Nc1cccc(Cl)c1. The van der Waals surface area contributed by atoms with Crippen LogP contribution in [0.3, 0.4) is 0 Å². The number of carboxylic acid groups (broad SMARTS) is 1.